The highest BCUT2D eigenvalue weighted by atomic mass is 17.1. The molecule has 9 N–H and O–H groups in total. The number of H-pyrrole nitrogens is 2. The van der Waals surface area contributed by atoms with Gasteiger partial charge < -0.3 is 21.4 Å². The van der Waals surface area contributed by atoms with E-state index in [1.54, 1.807) is 35.8 Å². The minimum absolute atomic E-state index is 0.0439. The van der Waals surface area contributed by atoms with Crippen molar-refractivity contribution in [2.24, 2.45) is 11.5 Å². The standard InChI is InChI=1S/C12H15N3O2.C12H14N2O3/c1-7(13)4-9-6-14-11-3-2-8(5-10(9)11)12(16)15-17;1-7(13)4-9-6-14-11-3-2-8(5-10(9)11)12(15)17-16/h2-3,5-7,14,17H,4,13H2,1H3,(H,15,16);2-3,5-7,14,16H,4,13H2,1H3/t2*7-/m11/s1. The number of aromatic nitrogens is 2. The highest BCUT2D eigenvalue weighted by Gasteiger charge is 2.12. The van der Waals surface area contributed by atoms with Crippen LogP contribution in [0.15, 0.2) is 48.8 Å². The molecule has 1 amide bonds. The third-order valence-electron chi connectivity index (χ3n) is 5.30. The fraction of sp³-hybridized carbons (Fsp3) is 0.250. The van der Waals surface area contributed by atoms with Crippen LogP contribution in [0.1, 0.15) is 45.7 Å². The van der Waals surface area contributed by atoms with Gasteiger partial charge in [-0.15, -0.1) is 0 Å². The van der Waals surface area contributed by atoms with Crippen molar-refractivity contribution in [2.75, 3.05) is 0 Å². The van der Waals surface area contributed by atoms with E-state index in [-0.39, 0.29) is 12.1 Å². The molecule has 0 saturated heterocycles. The van der Waals surface area contributed by atoms with Crippen molar-refractivity contribution in [3.8, 4) is 0 Å². The van der Waals surface area contributed by atoms with Crippen LogP contribution < -0.4 is 16.9 Å². The van der Waals surface area contributed by atoms with E-state index in [9.17, 15) is 9.59 Å². The molecule has 10 nitrogen and oxygen atoms in total. The number of carbonyl (C=O) groups excluding carboxylic acids is 2. The molecule has 180 valence electrons. The largest absolute Gasteiger partial charge is 0.372 e. The third kappa shape index (κ3) is 5.80. The maximum atomic E-state index is 11.3. The minimum atomic E-state index is -0.764. The Kier molecular flexibility index (Phi) is 8.03. The summed E-state index contributed by atoms with van der Waals surface area (Å²) in [5.74, 6) is -1.28. The average molecular weight is 468 g/mol. The molecule has 10 heteroatoms. The molecular weight excluding hydrogens is 438 g/mol. The van der Waals surface area contributed by atoms with Gasteiger partial charge in [-0.25, -0.2) is 10.3 Å². The number of rotatable bonds is 6. The van der Waals surface area contributed by atoms with Crippen LogP contribution in [0, 0.1) is 0 Å². The Hall–Kier alpha value is -3.70. The summed E-state index contributed by atoms with van der Waals surface area (Å²) in [5.41, 5.74) is 17.9. The zero-order valence-corrected chi connectivity index (χ0v) is 19.0. The SMILES string of the molecule is C[C@@H](N)Cc1c[nH]c2ccc(C(=O)NO)cc12.C[C@@H](N)Cc1c[nH]c2ccc(C(=O)OO)cc12. The topological polar surface area (TPSA) is 179 Å². The summed E-state index contributed by atoms with van der Waals surface area (Å²) in [6.45, 7) is 3.85. The number of fused-ring (bicyclic) bond motifs is 2. The van der Waals surface area contributed by atoms with E-state index in [2.05, 4.69) is 14.9 Å². The van der Waals surface area contributed by atoms with Gasteiger partial charge in [0.15, 0.2) is 0 Å². The second kappa shape index (κ2) is 10.9. The maximum absolute atomic E-state index is 11.3. The van der Waals surface area contributed by atoms with Crippen molar-refractivity contribution < 1.29 is 24.9 Å². The Labute approximate surface area is 195 Å². The number of hydroxylamine groups is 1. The molecule has 2 heterocycles. The summed E-state index contributed by atoms with van der Waals surface area (Å²) in [5, 5.41) is 18.8. The Morgan fingerprint density at radius 1 is 0.912 bits per heavy atom. The van der Waals surface area contributed by atoms with Gasteiger partial charge in [-0.1, -0.05) is 0 Å². The van der Waals surface area contributed by atoms with Crippen molar-refractivity contribution in [3.63, 3.8) is 0 Å². The molecule has 0 aliphatic carbocycles. The van der Waals surface area contributed by atoms with Gasteiger partial charge in [0.1, 0.15) is 0 Å². The molecule has 34 heavy (non-hydrogen) atoms. The molecule has 0 aliphatic heterocycles. The van der Waals surface area contributed by atoms with Crippen LogP contribution in [-0.4, -0.2) is 44.4 Å². The number of amides is 1. The lowest BCUT2D eigenvalue weighted by molar-refractivity contribution is -0.182. The second-order valence-electron chi connectivity index (χ2n) is 8.33. The molecule has 0 spiro atoms. The van der Waals surface area contributed by atoms with Gasteiger partial charge in [-0.2, -0.15) is 5.26 Å². The van der Waals surface area contributed by atoms with E-state index in [0.717, 1.165) is 45.8 Å². The van der Waals surface area contributed by atoms with Crippen molar-refractivity contribution in [2.45, 2.75) is 38.8 Å². The number of hydrogen-bond acceptors (Lipinski definition) is 7. The normalized spacial score (nSPS) is 12.6. The summed E-state index contributed by atoms with van der Waals surface area (Å²) in [6, 6.07) is 10.4. The van der Waals surface area contributed by atoms with Crippen molar-refractivity contribution in [3.05, 3.63) is 71.0 Å². The van der Waals surface area contributed by atoms with Crippen LogP contribution in [0.3, 0.4) is 0 Å². The molecule has 0 bridgehead atoms. The first-order chi connectivity index (χ1) is 16.2. The Morgan fingerprint density at radius 2 is 1.38 bits per heavy atom. The summed E-state index contributed by atoms with van der Waals surface area (Å²) >= 11 is 0. The van der Waals surface area contributed by atoms with Crippen LogP contribution in [0.5, 0.6) is 0 Å². The molecule has 2 aromatic carbocycles. The molecule has 0 aliphatic rings. The molecule has 4 rings (SSSR count). The Balaban J connectivity index is 0.000000191. The lowest BCUT2D eigenvalue weighted by atomic mass is 10.0. The van der Waals surface area contributed by atoms with Gasteiger partial charge in [0.2, 0.25) is 0 Å². The smallest absolute Gasteiger partial charge is 0.361 e. The molecule has 0 radical (unpaired) electrons. The average Bonchev–Trinajstić information content (AvgIpc) is 3.41. The summed E-state index contributed by atoms with van der Waals surface area (Å²) in [4.78, 5) is 32.5. The quantitative estimate of drug-likeness (QED) is 0.129. The van der Waals surface area contributed by atoms with Gasteiger partial charge in [0, 0.05) is 51.8 Å². The third-order valence-corrected chi connectivity index (χ3v) is 5.30. The molecular formula is C24H29N5O5. The van der Waals surface area contributed by atoms with Gasteiger partial charge in [0.05, 0.1) is 5.56 Å². The van der Waals surface area contributed by atoms with Gasteiger partial charge in [-0.3, -0.25) is 14.9 Å². The number of nitrogens with two attached hydrogens (primary N) is 2. The first kappa shape index (κ1) is 24.9. The highest BCUT2D eigenvalue weighted by Crippen LogP contribution is 2.22. The monoisotopic (exact) mass is 467 g/mol. The predicted molar refractivity (Wildman–Crippen MR) is 129 cm³/mol. The Morgan fingerprint density at radius 3 is 1.82 bits per heavy atom. The zero-order valence-electron chi connectivity index (χ0n) is 19.0. The molecule has 2 aromatic heterocycles. The first-order valence-corrected chi connectivity index (χ1v) is 10.7. The fourth-order valence-electron chi connectivity index (χ4n) is 3.77. The Bertz CT molecular complexity index is 1190. The van der Waals surface area contributed by atoms with Crippen LogP contribution >= 0.6 is 0 Å². The van der Waals surface area contributed by atoms with E-state index in [4.69, 9.17) is 21.9 Å². The molecule has 2 atom stereocenters. The number of benzene rings is 2. The molecule has 0 fully saturated rings. The van der Waals surface area contributed by atoms with Crippen LogP contribution in [0.2, 0.25) is 0 Å². The van der Waals surface area contributed by atoms with E-state index in [1.165, 1.54) is 0 Å². The number of nitrogens with one attached hydrogen (secondary N) is 3. The van der Waals surface area contributed by atoms with E-state index in [1.807, 2.05) is 32.3 Å². The second-order valence-corrected chi connectivity index (χ2v) is 8.33. The van der Waals surface area contributed by atoms with Gasteiger partial charge >= 0.3 is 5.97 Å². The molecule has 0 saturated carbocycles. The van der Waals surface area contributed by atoms with E-state index in [0.29, 0.717) is 11.1 Å². The van der Waals surface area contributed by atoms with Crippen molar-refractivity contribution in [1.29, 1.82) is 0 Å². The van der Waals surface area contributed by atoms with Crippen LogP contribution in [-0.2, 0) is 17.7 Å². The van der Waals surface area contributed by atoms with Crippen molar-refractivity contribution in [1.82, 2.24) is 15.4 Å². The zero-order chi connectivity index (χ0) is 24.8. The lowest BCUT2D eigenvalue weighted by Gasteiger charge is -2.04. The summed E-state index contributed by atoms with van der Waals surface area (Å²) in [6.07, 6.45) is 5.23. The fourth-order valence-corrected chi connectivity index (χ4v) is 3.77. The summed E-state index contributed by atoms with van der Waals surface area (Å²) < 4.78 is 0. The predicted octanol–water partition coefficient (Wildman–Crippen LogP) is 2.86. The van der Waals surface area contributed by atoms with Crippen LogP contribution in [0.4, 0.5) is 0 Å². The highest BCUT2D eigenvalue weighted by molar-refractivity contribution is 5.98. The van der Waals surface area contributed by atoms with E-state index >= 15 is 0 Å². The summed E-state index contributed by atoms with van der Waals surface area (Å²) in [7, 11) is 0. The molecule has 0 unspecified atom stereocenters. The lowest BCUT2D eigenvalue weighted by Crippen LogP contribution is -2.19. The number of carbonyl (C=O) groups is 2. The first-order valence-electron chi connectivity index (χ1n) is 10.7. The maximum Gasteiger partial charge on any atom is 0.372 e. The van der Waals surface area contributed by atoms with Gasteiger partial charge in [0.25, 0.3) is 5.91 Å². The van der Waals surface area contributed by atoms with Crippen LogP contribution in [0.25, 0.3) is 21.8 Å². The van der Waals surface area contributed by atoms with Crippen molar-refractivity contribution >= 4 is 33.7 Å². The number of aromatic amines is 2. The molecule has 4 aromatic rings. The minimum Gasteiger partial charge on any atom is -0.361 e. The van der Waals surface area contributed by atoms with Gasteiger partial charge in [-0.05, 0) is 74.2 Å². The van der Waals surface area contributed by atoms with E-state index < -0.39 is 11.9 Å². The number of hydrogen-bond donors (Lipinski definition) is 7.